The van der Waals surface area contributed by atoms with Gasteiger partial charge in [-0.05, 0) is 12.5 Å². The van der Waals surface area contributed by atoms with E-state index in [0.717, 1.165) is 5.56 Å². The summed E-state index contributed by atoms with van der Waals surface area (Å²) in [6.07, 6.45) is -0.287. The number of hydrogen-bond donors (Lipinski definition) is 2. The molecule has 0 saturated carbocycles. The molecule has 0 fully saturated rings. The molecule has 6 heteroatoms. The van der Waals surface area contributed by atoms with Crippen molar-refractivity contribution in [3.8, 4) is 0 Å². The Bertz CT molecular complexity index is 450. The quantitative estimate of drug-likeness (QED) is 0.767. The number of ether oxygens (including phenoxy) is 1. The molecule has 0 bridgehead atoms. The smallest absolute Gasteiger partial charge is 0.317 e. The van der Waals surface area contributed by atoms with Gasteiger partial charge in [-0.15, -0.1) is 0 Å². The molecule has 116 valence electrons. The first kappa shape index (κ1) is 17.0. The molecular formula is C15H22N2O4. The SMILES string of the molecule is CCOC(CNC(=O)N(C)CCC(=O)O)c1ccccc1. The monoisotopic (exact) mass is 294 g/mol. The molecule has 0 aliphatic heterocycles. The van der Waals surface area contributed by atoms with Crippen molar-refractivity contribution in [2.75, 3.05) is 26.7 Å². The van der Waals surface area contributed by atoms with Crippen molar-refractivity contribution in [1.82, 2.24) is 10.2 Å². The number of amides is 2. The van der Waals surface area contributed by atoms with E-state index in [1.165, 1.54) is 4.90 Å². The van der Waals surface area contributed by atoms with Crippen molar-refractivity contribution in [3.63, 3.8) is 0 Å². The molecule has 0 heterocycles. The highest BCUT2D eigenvalue weighted by Crippen LogP contribution is 2.15. The Morgan fingerprint density at radius 3 is 2.57 bits per heavy atom. The number of carbonyl (C=O) groups excluding carboxylic acids is 1. The molecule has 2 N–H and O–H groups in total. The Labute approximate surface area is 124 Å². The van der Waals surface area contributed by atoms with Gasteiger partial charge in [0.2, 0.25) is 0 Å². The fourth-order valence-corrected chi connectivity index (χ4v) is 1.82. The molecule has 0 radical (unpaired) electrons. The molecule has 1 rings (SSSR count). The zero-order valence-electron chi connectivity index (χ0n) is 12.4. The Morgan fingerprint density at radius 1 is 1.33 bits per heavy atom. The molecule has 0 aliphatic rings. The third-order valence-corrected chi connectivity index (χ3v) is 2.99. The predicted octanol–water partition coefficient (Wildman–Crippen LogP) is 1.88. The molecule has 0 spiro atoms. The lowest BCUT2D eigenvalue weighted by Gasteiger charge is -2.21. The Kier molecular flexibility index (Phi) is 7.25. The Balaban J connectivity index is 2.49. The summed E-state index contributed by atoms with van der Waals surface area (Å²) in [5, 5.41) is 11.4. The van der Waals surface area contributed by atoms with Crippen LogP contribution in [0.25, 0.3) is 0 Å². The average Bonchev–Trinajstić information content (AvgIpc) is 2.49. The van der Waals surface area contributed by atoms with Crippen LogP contribution in [0, 0.1) is 0 Å². The van der Waals surface area contributed by atoms with Crippen molar-refractivity contribution in [2.24, 2.45) is 0 Å². The highest BCUT2D eigenvalue weighted by atomic mass is 16.5. The van der Waals surface area contributed by atoms with Gasteiger partial charge in [-0.3, -0.25) is 4.79 Å². The number of rotatable bonds is 8. The maximum absolute atomic E-state index is 11.9. The molecule has 0 saturated heterocycles. The van der Waals surface area contributed by atoms with E-state index in [1.807, 2.05) is 37.3 Å². The fourth-order valence-electron chi connectivity index (χ4n) is 1.82. The fraction of sp³-hybridized carbons (Fsp3) is 0.467. The minimum Gasteiger partial charge on any atom is -0.481 e. The standard InChI is InChI=1S/C15H22N2O4/c1-3-21-13(12-7-5-4-6-8-12)11-16-15(20)17(2)10-9-14(18)19/h4-8,13H,3,9-11H2,1-2H3,(H,16,20)(H,18,19). The van der Waals surface area contributed by atoms with Crippen LogP contribution in [0.1, 0.15) is 25.0 Å². The summed E-state index contributed by atoms with van der Waals surface area (Å²) in [4.78, 5) is 23.7. The maximum Gasteiger partial charge on any atom is 0.317 e. The molecule has 6 nitrogen and oxygen atoms in total. The first-order valence-electron chi connectivity index (χ1n) is 6.92. The van der Waals surface area contributed by atoms with Gasteiger partial charge in [0.15, 0.2) is 0 Å². The normalized spacial score (nSPS) is 11.7. The summed E-state index contributed by atoms with van der Waals surface area (Å²) in [5.74, 6) is -0.925. The zero-order chi connectivity index (χ0) is 15.7. The number of carboxylic acids is 1. The van der Waals surface area contributed by atoms with Crippen molar-refractivity contribution in [3.05, 3.63) is 35.9 Å². The number of carboxylic acid groups (broad SMARTS) is 1. The molecule has 2 amide bonds. The van der Waals surface area contributed by atoms with Gasteiger partial charge in [-0.1, -0.05) is 30.3 Å². The number of benzene rings is 1. The van der Waals surface area contributed by atoms with Crippen LogP contribution in [0.3, 0.4) is 0 Å². The molecule has 0 aromatic heterocycles. The average molecular weight is 294 g/mol. The van der Waals surface area contributed by atoms with Gasteiger partial charge in [0.1, 0.15) is 0 Å². The molecule has 21 heavy (non-hydrogen) atoms. The van der Waals surface area contributed by atoms with Crippen LogP contribution >= 0.6 is 0 Å². The van der Waals surface area contributed by atoms with Gasteiger partial charge in [-0.2, -0.15) is 0 Å². The van der Waals surface area contributed by atoms with Crippen molar-refractivity contribution in [2.45, 2.75) is 19.4 Å². The minimum absolute atomic E-state index is 0.0719. The summed E-state index contributed by atoms with van der Waals surface area (Å²) >= 11 is 0. The van der Waals surface area contributed by atoms with Crippen molar-refractivity contribution in [1.29, 1.82) is 0 Å². The molecule has 1 unspecified atom stereocenters. The van der Waals surface area contributed by atoms with E-state index in [9.17, 15) is 9.59 Å². The van der Waals surface area contributed by atoms with Gasteiger partial charge in [0.05, 0.1) is 12.5 Å². The third kappa shape index (κ3) is 6.27. The lowest BCUT2D eigenvalue weighted by molar-refractivity contribution is -0.137. The highest BCUT2D eigenvalue weighted by molar-refractivity contribution is 5.75. The van der Waals surface area contributed by atoms with Crippen LogP contribution in [0.4, 0.5) is 4.79 Å². The van der Waals surface area contributed by atoms with Gasteiger partial charge in [0.25, 0.3) is 0 Å². The predicted molar refractivity (Wildman–Crippen MR) is 79.1 cm³/mol. The largest absolute Gasteiger partial charge is 0.481 e. The van der Waals surface area contributed by atoms with Crippen LogP contribution in [0.2, 0.25) is 0 Å². The van der Waals surface area contributed by atoms with E-state index in [4.69, 9.17) is 9.84 Å². The lowest BCUT2D eigenvalue weighted by atomic mass is 10.1. The number of urea groups is 1. The number of aliphatic carboxylic acids is 1. The third-order valence-electron chi connectivity index (χ3n) is 2.99. The highest BCUT2D eigenvalue weighted by Gasteiger charge is 2.15. The first-order valence-corrected chi connectivity index (χ1v) is 6.92. The summed E-state index contributed by atoms with van der Waals surface area (Å²) in [6, 6.07) is 9.34. The topological polar surface area (TPSA) is 78.9 Å². The van der Waals surface area contributed by atoms with E-state index in [1.54, 1.807) is 7.05 Å². The van der Waals surface area contributed by atoms with E-state index in [2.05, 4.69) is 5.32 Å². The molecule has 1 atom stereocenters. The van der Waals surface area contributed by atoms with E-state index in [0.29, 0.717) is 13.2 Å². The van der Waals surface area contributed by atoms with Gasteiger partial charge < -0.3 is 20.1 Å². The summed E-state index contributed by atoms with van der Waals surface area (Å²) < 4.78 is 5.63. The van der Waals surface area contributed by atoms with Crippen LogP contribution < -0.4 is 5.32 Å². The second-order valence-electron chi connectivity index (χ2n) is 4.61. The molecule has 1 aromatic carbocycles. The first-order chi connectivity index (χ1) is 10.0. The second kappa shape index (κ2) is 8.97. The maximum atomic E-state index is 11.9. The van der Waals surface area contributed by atoms with Crippen molar-refractivity contribution >= 4 is 12.0 Å². The van der Waals surface area contributed by atoms with Crippen LogP contribution in [0.15, 0.2) is 30.3 Å². The Hall–Kier alpha value is -2.08. The van der Waals surface area contributed by atoms with Crippen molar-refractivity contribution < 1.29 is 19.4 Å². The van der Waals surface area contributed by atoms with E-state index in [-0.39, 0.29) is 25.1 Å². The van der Waals surface area contributed by atoms with Gasteiger partial charge in [0, 0.05) is 26.7 Å². The number of hydrogen-bond acceptors (Lipinski definition) is 3. The lowest BCUT2D eigenvalue weighted by Crippen LogP contribution is -2.40. The molecule has 1 aromatic rings. The summed E-state index contributed by atoms with van der Waals surface area (Å²) in [6.45, 7) is 2.96. The van der Waals surface area contributed by atoms with E-state index >= 15 is 0 Å². The zero-order valence-corrected chi connectivity index (χ0v) is 12.4. The van der Waals surface area contributed by atoms with Gasteiger partial charge in [-0.25, -0.2) is 4.79 Å². The number of nitrogens with one attached hydrogen (secondary N) is 1. The minimum atomic E-state index is -0.925. The summed E-state index contributed by atoms with van der Waals surface area (Å²) in [5.41, 5.74) is 0.993. The molecular weight excluding hydrogens is 272 g/mol. The van der Waals surface area contributed by atoms with Crippen LogP contribution in [0.5, 0.6) is 0 Å². The second-order valence-corrected chi connectivity index (χ2v) is 4.61. The van der Waals surface area contributed by atoms with E-state index < -0.39 is 5.97 Å². The number of nitrogens with zero attached hydrogens (tertiary/aromatic N) is 1. The van der Waals surface area contributed by atoms with Crippen LogP contribution in [-0.2, 0) is 9.53 Å². The van der Waals surface area contributed by atoms with Gasteiger partial charge >= 0.3 is 12.0 Å². The summed E-state index contributed by atoms with van der Waals surface area (Å²) in [7, 11) is 1.57. The number of carbonyl (C=O) groups is 2. The Morgan fingerprint density at radius 2 is 2.00 bits per heavy atom. The van der Waals surface area contributed by atoms with Crippen LogP contribution in [-0.4, -0.2) is 48.8 Å². The molecule has 0 aliphatic carbocycles.